The summed E-state index contributed by atoms with van der Waals surface area (Å²) in [6, 6.07) is 13.4. The van der Waals surface area contributed by atoms with Crippen molar-refractivity contribution in [3.63, 3.8) is 0 Å². The van der Waals surface area contributed by atoms with Crippen LogP contribution in [0.4, 0.5) is 4.39 Å². The largest absolute Gasteiger partial charge is 0.493 e. The van der Waals surface area contributed by atoms with Gasteiger partial charge in [0.15, 0.2) is 5.65 Å². The standard InChI is InChI=1S/C16H10FN3O/c17-11-5-3-4-10(8-11)15-16(21)20-13-7-2-1-6-12(13)18-9-14(20)19-15/h1-9,21H. The Hall–Kier alpha value is -2.95. The van der Waals surface area contributed by atoms with Crippen LogP contribution in [0.25, 0.3) is 27.9 Å². The maximum absolute atomic E-state index is 13.4. The molecule has 21 heavy (non-hydrogen) atoms. The topological polar surface area (TPSA) is 50.4 Å². The fourth-order valence-electron chi connectivity index (χ4n) is 2.47. The molecule has 0 saturated carbocycles. The molecule has 0 radical (unpaired) electrons. The van der Waals surface area contributed by atoms with Gasteiger partial charge in [-0.2, -0.15) is 0 Å². The van der Waals surface area contributed by atoms with E-state index >= 15 is 0 Å². The van der Waals surface area contributed by atoms with Crippen molar-refractivity contribution in [2.45, 2.75) is 0 Å². The van der Waals surface area contributed by atoms with Crippen molar-refractivity contribution < 1.29 is 9.50 Å². The Bertz CT molecular complexity index is 978. The smallest absolute Gasteiger partial charge is 0.224 e. The van der Waals surface area contributed by atoms with Crippen LogP contribution in [0.15, 0.2) is 54.7 Å². The van der Waals surface area contributed by atoms with Crippen molar-refractivity contribution >= 4 is 16.7 Å². The van der Waals surface area contributed by atoms with Gasteiger partial charge in [-0.15, -0.1) is 0 Å². The Morgan fingerprint density at radius 2 is 1.90 bits per heavy atom. The van der Waals surface area contributed by atoms with Crippen LogP contribution in [0.3, 0.4) is 0 Å². The van der Waals surface area contributed by atoms with E-state index in [2.05, 4.69) is 9.97 Å². The van der Waals surface area contributed by atoms with E-state index in [0.29, 0.717) is 16.9 Å². The number of nitrogens with zero attached hydrogens (tertiary/aromatic N) is 3. The number of hydrogen-bond donors (Lipinski definition) is 1. The molecule has 0 unspecified atom stereocenters. The molecule has 2 aromatic heterocycles. The number of benzene rings is 2. The van der Waals surface area contributed by atoms with E-state index in [4.69, 9.17) is 0 Å². The molecule has 4 nitrogen and oxygen atoms in total. The fourth-order valence-corrected chi connectivity index (χ4v) is 2.47. The number of fused-ring (bicyclic) bond motifs is 3. The van der Waals surface area contributed by atoms with Crippen molar-refractivity contribution in [3.8, 4) is 17.1 Å². The molecule has 0 atom stereocenters. The van der Waals surface area contributed by atoms with Crippen molar-refractivity contribution in [2.75, 3.05) is 0 Å². The first-order chi connectivity index (χ1) is 10.2. The summed E-state index contributed by atoms with van der Waals surface area (Å²) in [7, 11) is 0. The van der Waals surface area contributed by atoms with Crippen molar-refractivity contribution in [3.05, 3.63) is 60.5 Å². The number of aromatic nitrogens is 3. The minimum absolute atomic E-state index is 0.0193. The van der Waals surface area contributed by atoms with Crippen LogP contribution in [0.1, 0.15) is 0 Å². The molecule has 4 aromatic rings. The van der Waals surface area contributed by atoms with Gasteiger partial charge in [-0.05, 0) is 24.3 Å². The number of para-hydroxylation sites is 2. The molecule has 2 aromatic carbocycles. The van der Waals surface area contributed by atoms with E-state index in [1.807, 2.05) is 24.3 Å². The highest BCUT2D eigenvalue weighted by Crippen LogP contribution is 2.31. The number of aromatic hydroxyl groups is 1. The molecule has 5 heteroatoms. The average molecular weight is 279 g/mol. The molecule has 0 amide bonds. The molecule has 0 spiro atoms. The highest BCUT2D eigenvalue weighted by Gasteiger charge is 2.15. The van der Waals surface area contributed by atoms with E-state index in [-0.39, 0.29) is 11.7 Å². The lowest BCUT2D eigenvalue weighted by Crippen LogP contribution is -1.89. The Balaban J connectivity index is 2.08. The van der Waals surface area contributed by atoms with Crippen LogP contribution in [0.2, 0.25) is 0 Å². The van der Waals surface area contributed by atoms with Crippen LogP contribution < -0.4 is 0 Å². The summed E-state index contributed by atoms with van der Waals surface area (Å²) < 4.78 is 15.0. The second-order valence-corrected chi connectivity index (χ2v) is 4.73. The average Bonchev–Trinajstić information content (AvgIpc) is 2.85. The van der Waals surface area contributed by atoms with E-state index in [9.17, 15) is 9.50 Å². The van der Waals surface area contributed by atoms with Crippen molar-refractivity contribution in [1.82, 2.24) is 14.4 Å². The number of imidazole rings is 1. The van der Waals surface area contributed by atoms with E-state index in [1.165, 1.54) is 12.1 Å². The molecule has 2 heterocycles. The van der Waals surface area contributed by atoms with Crippen molar-refractivity contribution in [1.29, 1.82) is 0 Å². The van der Waals surface area contributed by atoms with Crippen LogP contribution in [-0.4, -0.2) is 19.5 Å². The quantitative estimate of drug-likeness (QED) is 0.581. The predicted octanol–water partition coefficient (Wildman–Crippen LogP) is 3.39. The van der Waals surface area contributed by atoms with Gasteiger partial charge in [0.05, 0.1) is 17.2 Å². The zero-order valence-corrected chi connectivity index (χ0v) is 10.9. The predicted molar refractivity (Wildman–Crippen MR) is 77.6 cm³/mol. The molecule has 0 bridgehead atoms. The summed E-state index contributed by atoms with van der Waals surface area (Å²) in [6.45, 7) is 0. The summed E-state index contributed by atoms with van der Waals surface area (Å²) >= 11 is 0. The van der Waals surface area contributed by atoms with E-state index in [1.54, 1.807) is 22.7 Å². The number of rotatable bonds is 1. The minimum atomic E-state index is -0.369. The normalized spacial score (nSPS) is 11.3. The Kier molecular flexibility index (Phi) is 2.41. The van der Waals surface area contributed by atoms with Crippen LogP contribution in [0, 0.1) is 5.82 Å². The third-order valence-electron chi connectivity index (χ3n) is 3.42. The monoisotopic (exact) mass is 279 g/mol. The molecule has 102 valence electrons. The third-order valence-corrected chi connectivity index (χ3v) is 3.42. The van der Waals surface area contributed by atoms with E-state index < -0.39 is 0 Å². The van der Waals surface area contributed by atoms with Crippen LogP contribution in [-0.2, 0) is 0 Å². The van der Waals surface area contributed by atoms with Gasteiger partial charge < -0.3 is 5.11 Å². The summed E-state index contributed by atoms with van der Waals surface area (Å²) in [5.74, 6) is -0.388. The van der Waals surface area contributed by atoms with E-state index in [0.717, 1.165) is 11.0 Å². The molecule has 0 aliphatic rings. The second-order valence-electron chi connectivity index (χ2n) is 4.73. The summed E-state index contributed by atoms with van der Waals surface area (Å²) in [5.41, 5.74) is 2.89. The summed E-state index contributed by atoms with van der Waals surface area (Å²) in [4.78, 5) is 8.66. The number of halogens is 1. The Morgan fingerprint density at radius 3 is 2.76 bits per heavy atom. The lowest BCUT2D eigenvalue weighted by Gasteiger charge is -2.02. The second kappa shape index (κ2) is 4.28. The summed E-state index contributed by atoms with van der Waals surface area (Å²) in [5, 5.41) is 10.5. The molecule has 4 rings (SSSR count). The zero-order chi connectivity index (χ0) is 14.4. The van der Waals surface area contributed by atoms with Crippen molar-refractivity contribution in [2.24, 2.45) is 0 Å². The maximum atomic E-state index is 13.4. The van der Waals surface area contributed by atoms with Gasteiger partial charge in [0.25, 0.3) is 0 Å². The molecule has 1 N–H and O–H groups in total. The molecule has 0 aliphatic carbocycles. The van der Waals surface area contributed by atoms with Gasteiger partial charge in [0.2, 0.25) is 5.88 Å². The Labute approximate surface area is 119 Å². The van der Waals surface area contributed by atoms with Gasteiger partial charge in [0.1, 0.15) is 11.5 Å². The SMILES string of the molecule is Oc1c(-c2cccc(F)c2)nc2cnc3ccccc3n12. The van der Waals surface area contributed by atoms with Gasteiger partial charge in [-0.1, -0.05) is 24.3 Å². The van der Waals surface area contributed by atoms with Gasteiger partial charge in [-0.25, -0.2) is 9.37 Å². The first-order valence-electron chi connectivity index (χ1n) is 6.45. The molecule has 0 fully saturated rings. The van der Waals surface area contributed by atoms with Gasteiger partial charge >= 0.3 is 0 Å². The van der Waals surface area contributed by atoms with Gasteiger partial charge in [-0.3, -0.25) is 9.38 Å². The fraction of sp³-hybridized carbons (Fsp3) is 0. The van der Waals surface area contributed by atoms with Gasteiger partial charge in [0, 0.05) is 5.56 Å². The number of hydrogen-bond acceptors (Lipinski definition) is 3. The molecular formula is C16H10FN3O. The third kappa shape index (κ3) is 1.74. The molecule has 0 saturated heterocycles. The Morgan fingerprint density at radius 1 is 1.05 bits per heavy atom. The zero-order valence-electron chi connectivity index (χ0n) is 10.9. The highest BCUT2D eigenvalue weighted by atomic mass is 19.1. The van der Waals surface area contributed by atoms with Crippen LogP contribution >= 0.6 is 0 Å². The molecule has 0 aliphatic heterocycles. The maximum Gasteiger partial charge on any atom is 0.224 e. The lowest BCUT2D eigenvalue weighted by atomic mass is 10.1. The highest BCUT2D eigenvalue weighted by molar-refractivity contribution is 5.81. The first kappa shape index (κ1) is 11.8. The van der Waals surface area contributed by atoms with Crippen LogP contribution in [0.5, 0.6) is 5.88 Å². The summed E-state index contributed by atoms with van der Waals surface area (Å²) in [6.07, 6.45) is 1.59. The first-order valence-corrected chi connectivity index (χ1v) is 6.45. The lowest BCUT2D eigenvalue weighted by molar-refractivity contribution is 0.453. The molecular weight excluding hydrogens is 269 g/mol. The minimum Gasteiger partial charge on any atom is -0.493 e.